The Kier molecular flexibility index (Phi) is 5.94. The zero-order chi connectivity index (χ0) is 22.3. The van der Waals surface area contributed by atoms with Crippen LogP contribution in [0.1, 0.15) is 19.3 Å². The fourth-order valence-electron chi connectivity index (χ4n) is 3.00. The van der Waals surface area contributed by atoms with E-state index in [9.17, 15) is 35.5 Å². The predicted molar refractivity (Wildman–Crippen MR) is 98.2 cm³/mol. The van der Waals surface area contributed by atoms with Gasteiger partial charge in [0, 0.05) is 12.1 Å². The second kappa shape index (κ2) is 8.00. The molecule has 1 unspecified atom stereocenters. The molecule has 0 aromatic heterocycles. The number of nitrogens with one attached hydrogen (secondary N) is 2. The van der Waals surface area contributed by atoms with Crippen LogP contribution in [0.3, 0.4) is 0 Å². The standard InChI is InChI=1S/C18H17F5N2O4S/c19-9-1-2-14(11(20)5-9)24-17-15(23)12(21)6-13(22)16(17)25-30(28,29)18(3-4-18)7-10(27)8-26/h1-2,5-6,10,24-27H,3-4,7-8H2. The summed E-state index contributed by atoms with van der Waals surface area (Å²) in [5.74, 6) is -7.02. The van der Waals surface area contributed by atoms with E-state index in [-0.39, 0.29) is 25.3 Å². The van der Waals surface area contributed by atoms with Crippen LogP contribution in [0.4, 0.5) is 39.0 Å². The van der Waals surface area contributed by atoms with Crippen molar-refractivity contribution in [3.63, 3.8) is 0 Å². The van der Waals surface area contributed by atoms with Crippen LogP contribution in [0.15, 0.2) is 24.3 Å². The van der Waals surface area contributed by atoms with Crippen LogP contribution < -0.4 is 10.0 Å². The van der Waals surface area contributed by atoms with Gasteiger partial charge in [-0.15, -0.1) is 0 Å². The number of anilines is 3. The van der Waals surface area contributed by atoms with Crippen molar-refractivity contribution in [3.05, 3.63) is 53.4 Å². The van der Waals surface area contributed by atoms with Crippen molar-refractivity contribution in [1.29, 1.82) is 0 Å². The molecule has 0 aliphatic heterocycles. The number of hydrogen-bond acceptors (Lipinski definition) is 5. The van der Waals surface area contributed by atoms with Crippen LogP contribution in [-0.4, -0.2) is 36.1 Å². The summed E-state index contributed by atoms with van der Waals surface area (Å²) in [7, 11) is -4.43. The molecule has 1 aliphatic rings. The minimum absolute atomic E-state index is 0.0834. The molecule has 2 aromatic rings. The van der Waals surface area contributed by atoms with Crippen LogP contribution in [-0.2, 0) is 10.0 Å². The zero-order valence-electron chi connectivity index (χ0n) is 15.2. The molecule has 3 rings (SSSR count). The van der Waals surface area contributed by atoms with Crippen LogP contribution in [0.2, 0.25) is 0 Å². The van der Waals surface area contributed by atoms with Crippen LogP contribution in [0.25, 0.3) is 0 Å². The van der Waals surface area contributed by atoms with Gasteiger partial charge in [0.15, 0.2) is 17.5 Å². The predicted octanol–water partition coefficient (Wildman–Crippen LogP) is 3.14. The number of halogens is 5. The first-order valence-corrected chi connectivity index (χ1v) is 10.2. The molecule has 1 aliphatic carbocycles. The van der Waals surface area contributed by atoms with Gasteiger partial charge in [-0.3, -0.25) is 4.72 Å². The number of aliphatic hydroxyl groups excluding tert-OH is 2. The second-order valence-electron chi connectivity index (χ2n) is 6.98. The van der Waals surface area contributed by atoms with E-state index >= 15 is 0 Å². The van der Waals surface area contributed by atoms with Gasteiger partial charge in [-0.25, -0.2) is 30.4 Å². The number of benzene rings is 2. The molecule has 164 valence electrons. The highest BCUT2D eigenvalue weighted by molar-refractivity contribution is 7.94. The zero-order valence-corrected chi connectivity index (χ0v) is 16.0. The van der Waals surface area contributed by atoms with E-state index in [1.807, 2.05) is 4.72 Å². The number of hydrogen-bond donors (Lipinski definition) is 4. The van der Waals surface area contributed by atoms with Gasteiger partial charge < -0.3 is 15.5 Å². The van der Waals surface area contributed by atoms with Gasteiger partial charge >= 0.3 is 0 Å². The van der Waals surface area contributed by atoms with Crippen molar-refractivity contribution in [3.8, 4) is 0 Å². The molecule has 0 radical (unpaired) electrons. The lowest BCUT2D eigenvalue weighted by Gasteiger charge is -2.22. The fraction of sp³-hybridized carbons (Fsp3) is 0.333. The van der Waals surface area contributed by atoms with Gasteiger partial charge in [-0.1, -0.05) is 0 Å². The van der Waals surface area contributed by atoms with Crippen molar-refractivity contribution in [2.24, 2.45) is 0 Å². The lowest BCUT2D eigenvalue weighted by molar-refractivity contribution is 0.0858. The molecule has 0 heterocycles. The summed E-state index contributed by atoms with van der Waals surface area (Å²) in [5, 5.41) is 20.6. The Morgan fingerprint density at radius 2 is 1.67 bits per heavy atom. The van der Waals surface area contributed by atoms with E-state index in [1.54, 1.807) is 0 Å². The first kappa shape index (κ1) is 22.2. The molecule has 2 aromatic carbocycles. The van der Waals surface area contributed by atoms with Crippen LogP contribution in [0.5, 0.6) is 0 Å². The van der Waals surface area contributed by atoms with E-state index in [1.165, 1.54) is 0 Å². The van der Waals surface area contributed by atoms with E-state index in [4.69, 9.17) is 5.11 Å². The molecule has 1 fully saturated rings. The van der Waals surface area contributed by atoms with E-state index in [0.29, 0.717) is 6.07 Å². The van der Waals surface area contributed by atoms with Gasteiger partial charge in [-0.05, 0) is 31.4 Å². The summed E-state index contributed by atoms with van der Waals surface area (Å²) in [6, 6.07) is 2.19. The maximum absolute atomic E-state index is 14.4. The quantitative estimate of drug-likeness (QED) is 0.365. The van der Waals surface area contributed by atoms with Crippen molar-refractivity contribution >= 4 is 27.1 Å². The van der Waals surface area contributed by atoms with Gasteiger partial charge in [0.25, 0.3) is 0 Å². The minimum atomic E-state index is -4.43. The first-order valence-electron chi connectivity index (χ1n) is 8.70. The average molecular weight is 452 g/mol. The molecule has 0 amide bonds. The Morgan fingerprint density at radius 1 is 1.00 bits per heavy atom. The van der Waals surface area contributed by atoms with E-state index < -0.39 is 73.6 Å². The summed E-state index contributed by atoms with van der Waals surface area (Å²) >= 11 is 0. The van der Waals surface area contributed by atoms with E-state index in [0.717, 1.165) is 12.1 Å². The second-order valence-corrected chi connectivity index (χ2v) is 9.06. The normalized spacial score (nSPS) is 16.2. The molecule has 12 heteroatoms. The maximum atomic E-state index is 14.4. The summed E-state index contributed by atoms with van der Waals surface area (Å²) in [6.45, 7) is -0.701. The maximum Gasteiger partial charge on any atom is 0.238 e. The highest BCUT2D eigenvalue weighted by atomic mass is 32.2. The molecule has 0 spiro atoms. The molecule has 4 N–H and O–H groups in total. The molecular weight excluding hydrogens is 435 g/mol. The van der Waals surface area contributed by atoms with Crippen molar-refractivity contribution in [2.75, 3.05) is 16.6 Å². The first-order chi connectivity index (χ1) is 14.0. The molecular formula is C18H17F5N2O4S. The van der Waals surface area contributed by atoms with Crippen molar-refractivity contribution in [1.82, 2.24) is 0 Å². The topological polar surface area (TPSA) is 98.7 Å². The van der Waals surface area contributed by atoms with Crippen LogP contribution >= 0.6 is 0 Å². The minimum Gasteiger partial charge on any atom is -0.394 e. The molecule has 1 saturated carbocycles. The molecule has 30 heavy (non-hydrogen) atoms. The van der Waals surface area contributed by atoms with Crippen molar-refractivity contribution in [2.45, 2.75) is 30.1 Å². The Balaban J connectivity index is 2.02. The highest BCUT2D eigenvalue weighted by Gasteiger charge is 2.55. The lowest BCUT2D eigenvalue weighted by Crippen LogP contribution is -2.34. The van der Waals surface area contributed by atoms with Gasteiger partial charge in [0.1, 0.15) is 23.0 Å². The highest BCUT2D eigenvalue weighted by Crippen LogP contribution is 2.48. The molecule has 1 atom stereocenters. The number of sulfonamides is 1. The molecule has 6 nitrogen and oxygen atoms in total. The summed E-state index contributed by atoms with van der Waals surface area (Å²) in [6.07, 6.45) is -1.55. The fourth-order valence-corrected chi connectivity index (χ4v) is 4.73. The number of rotatable bonds is 8. The SMILES string of the molecule is O=S(=O)(Nc1c(F)cc(F)c(F)c1Nc1ccc(F)cc1F)C1(CC(O)CO)CC1. The molecule has 0 saturated heterocycles. The largest absolute Gasteiger partial charge is 0.394 e. The Morgan fingerprint density at radius 3 is 2.23 bits per heavy atom. The third-order valence-electron chi connectivity index (χ3n) is 4.79. The summed E-state index contributed by atoms with van der Waals surface area (Å²) < 4.78 is 95.4. The third kappa shape index (κ3) is 4.20. The average Bonchev–Trinajstić information content (AvgIpc) is 3.45. The van der Waals surface area contributed by atoms with E-state index in [2.05, 4.69) is 5.32 Å². The summed E-state index contributed by atoms with van der Waals surface area (Å²) in [5.41, 5.74) is -2.61. The molecule has 0 bridgehead atoms. The van der Waals surface area contributed by atoms with Crippen molar-refractivity contribution < 1.29 is 40.6 Å². The Labute approximate surface area is 168 Å². The van der Waals surface area contributed by atoms with Gasteiger partial charge in [0.05, 0.1) is 23.1 Å². The van der Waals surface area contributed by atoms with Gasteiger partial charge in [-0.2, -0.15) is 0 Å². The van der Waals surface area contributed by atoms with Crippen LogP contribution in [0, 0.1) is 29.1 Å². The monoisotopic (exact) mass is 452 g/mol. The van der Waals surface area contributed by atoms with Gasteiger partial charge in [0.2, 0.25) is 10.0 Å². The Bertz CT molecular complexity index is 1080. The summed E-state index contributed by atoms with van der Waals surface area (Å²) in [4.78, 5) is 0. The third-order valence-corrected chi connectivity index (χ3v) is 6.98. The Hall–Kier alpha value is -2.44. The smallest absolute Gasteiger partial charge is 0.238 e. The lowest BCUT2D eigenvalue weighted by atomic mass is 10.2. The number of aliphatic hydroxyl groups is 2.